The van der Waals surface area contributed by atoms with Crippen LogP contribution in [0, 0.1) is 0 Å². The molecule has 0 aromatic heterocycles. The molecule has 0 aromatic rings. The van der Waals surface area contributed by atoms with E-state index in [0.29, 0.717) is 19.3 Å². The van der Waals surface area contributed by atoms with Crippen LogP contribution in [0.15, 0.2) is 72.9 Å². The van der Waals surface area contributed by atoms with Gasteiger partial charge in [-0.2, -0.15) is 0 Å². The highest BCUT2D eigenvalue weighted by Gasteiger charge is 2.28. The van der Waals surface area contributed by atoms with E-state index in [1.165, 1.54) is 32.1 Å². The van der Waals surface area contributed by atoms with Crippen LogP contribution in [0.3, 0.4) is 0 Å². The Morgan fingerprint density at radius 3 is 1.34 bits per heavy atom. The summed E-state index contributed by atoms with van der Waals surface area (Å²) in [5.74, 6) is -1.54. The van der Waals surface area contributed by atoms with Crippen molar-refractivity contribution in [1.82, 2.24) is 0 Å². The molecule has 0 bridgehead atoms. The molecule has 3 unspecified atom stereocenters. The molecule has 64 heavy (non-hydrogen) atoms. The Bertz CT molecular complexity index is 1350. The van der Waals surface area contributed by atoms with E-state index in [1.807, 2.05) is 0 Å². The second-order valence-corrected chi connectivity index (χ2v) is 17.7. The zero-order valence-electron chi connectivity index (χ0n) is 40.2. The maximum absolute atomic E-state index is 12.8. The first-order valence-electron chi connectivity index (χ1n) is 24.8. The molecule has 0 aliphatic heterocycles. The van der Waals surface area contributed by atoms with Gasteiger partial charge in [0.05, 0.1) is 19.8 Å². The molecule has 0 saturated heterocycles. The third kappa shape index (κ3) is 44.1. The number of aliphatic hydroxyl groups excluding tert-OH is 1. The molecule has 0 radical (unpaired) electrons. The number of phosphoric ester groups is 1. The van der Waals surface area contributed by atoms with Gasteiger partial charge in [-0.25, -0.2) is 4.57 Å². The molecule has 368 valence electrons. The maximum Gasteiger partial charge on any atom is 0.472 e. The Morgan fingerprint density at radius 1 is 0.453 bits per heavy atom. The minimum absolute atomic E-state index is 0.113. The van der Waals surface area contributed by atoms with Crippen LogP contribution in [0.4, 0.5) is 0 Å². The fourth-order valence-corrected chi connectivity index (χ4v) is 7.11. The molecule has 0 rings (SSSR count). The smallest absolute Gasteiger partial charge is 0.462 e. The van der Waals surface area contributed by atoms with Crippen molar-refractivity contribution >= 4 is 25.7 Å². The van der Waals surface area contributed by atoms with E-state index in [1.54, 1.807) is 0 Å². The Morgan fingerprint density at radius 2 is 0.844 bits per heavy atom. The van der Waals surface area contributed by atoms with Crippen molar-refractivity contribution < 1.29 is 52.2 Å². The first kappa shape index (κ1) is 60.9. The van der Waals surface area contributed by atoms with E-state index in [9.17, 15) is 28.9 Å². The normalized spacial score (nSPS) is 14.1. The van der Waals surface area contributed by atoms with Crippen LogP contribution in [-0.2, 0) is 42.2 Å². The van der Waals surface area contributed by atoms with Crippen molar-refractivity contribution in [2.24, 2.45) is 0 Å². The summed E-state index contributed by atoms with van der Waals surface area (Å²) < 4.78 is 39.2. The first-order valence-corrected chi connectivity index (χ1v) is 26.3. The van der Waals surface area contributed by atoms with Gasteiger partial charge in [0.15, 0.2) is 6.10 Å². The van der Waals surface area contributed by atoms with Crippen LogP contribution >= 0.6 is 7.82 Å². The van der Waals surface area contributed by atoms with Crippen LogP contribution in [0.25, 0.3) is 0 Å². The lowest BCUT2D eigenvalue weighted by Gasteiger charge is -2.21. The van der Waals surface area contributed by atoms with E-state index < -0.39 is 57.8 Å². The molecule has 0 aliphatic carbocycles. The fourth-order valence-electron chi connectivity index (χ4n) is 6.32. The van der Waals surface area contributed by atoms with Gasteiger partial charge in [-0.05, 0) is 83.5 Å². The summed E-state index contributed by atoms with van der Waals surface area (Å²) in [5.41, 5.74) is 0. The summed E-state index contributed by atoms with van der Waals surface area (Å²) in [6, 6.07) is 0. The van der Waals surface area contributed by atoms with Gasteiger partial charge in [0.1, 0.15) is 12.7 Å². The van der Waals surface area contributed by atoms with Crippen LogP contribution in [0.2, 0.25) is 0 Å². The topological polar surface area (TPSA) is 155 Å². The van der Waals surface area contributed by atoms with Crippen LogP contribution in [0.5, 0.6) is 0 Å². The Balaban J connectivity index is 4.79. The summed E-state index contributed by atoms with van der Waals surface area (Å²) in [5, 5.41) is 9.75. The Labute approximate surface area is 388 Å². The number of rotatable bonds is 45. The number of hydrogen-bond acceptors (Lipinski definition) is 10. The first-order chi connectivity index (χ1) is 31.2. The average molecular weight is 921 g/mol. The Hall–Kier alpha value is -3.08. The highest BCUT2D eigenvalue weighted by atomic mass is 31.2. The summed E-state index contributed by atoms with van der Waals surface area (Å²) >= 11 is 0. The van der Waals surface area contributed by atoms with Crippen molar-refractivity contribution in [2.75, 3.05) is 26.4 Å². The zero-order valence-corrected chi connectivity index (χ0v) is 41.1. The van der Waals surface area contributed by atoms with Crippen molar-refractivity contribution in [3.63, 3.8) is 0 Å². The molecule has 0 aromatic carbocycles. The number of unbranched alkanes of at least 4 members (excludes halogenated alkanes) is 16. The van der Waals surface area contributed by atoms with E-state index in [-0.39, 0.29) is 25.9 Å². The van der Waals surface area contributed by atoms with E-state index >= 15 is 0 Å². The molecule has 0 aliphatic rings. The molecule has 0 amide bonds. The van der Waals surface area contributed by atoms with Gasteiger partial charge in [-0.3, -0.25) is 23.4 Å². The molecule has 2 N–H and O–H groups in total. The molecular formula is C52H89O11P. The van der Waals surface area contributed by atoms with Gasteiger partial charge in [-0.15, -0.1) is 0 Å². The van der Waals surface area contributed by atoms with Gasteiger partial charge < -0.3 is 24.2 Å². The number of carbonyl (C=O) groups is 3. The zero-order chi connectivity index (χ0) is 47.0. The van der Waals surface area contributed by atoms with E-state index in [4.69, 9.17) is 23.3 Å². The summed E-state index contributed by atoms with van der Waals surface area (Å²) in [4.78, 5) is 48.1. The number of allylic oxidation sites excluding steroid dienone is 12. The van der Waals surface area contributed by atoms with Crippen molar-refractivity contribution in [2.45, 2.75) is 213 Å². The third-order valence-electron chi connectivity index (χ3n) is 10.1. The number of phosphoric acid groups is 1. The summed E-state index contributed by atoms with van der Waals surface area (Å²) in [7, 11) is -4.75. The molecule has 12 heteroatoms. The molecule has 11 nitrogen and oxygen atoms in total. The van der Waals surface area contributed by atoms with Gasteiger partial charge >= 0.3 is 25.7 Å². The molecule has 0 fully saturated rings. The van der Waals surface area contributed by atoms with Crippen molar-refractivity contribution in [3.05, 3.63) is 72.9 Å². The van der Waals surface area contributed by atoms with E-state index in [0.717, 1.165) is 109 Å². The number of aliphatic hydroxyl groups is 1. The lowest BCUT2D eigenvalue weighted by molar-refractivity contribution is -0.161. The lowest BCUT2D eigenvalue weighted by atomic mass is 10.1. The van der Waals surface area contributed by atoms with Gasteiger partial charge in [-0.1, -0.05) is 171 Å². The quantitative estimate of drug-likeness (QED) is 0.0197. The summed E-state index contributed by atoms with van der Waals surface area (Å²) in [6.07, 6.45) is 48.9. The number of esters is 3. The number of hydrogen-bond donors (Lipinski definition) is 2. The average Bonchev–Trinajstić information content (AvgIpc) is 3.28. The third-order valence-corrected chi connectivity index (χ3v) is 11.0. The number of carbonyl (C=O) groups excluding carboxylic acids is 3. The molecular weight excluding hydrogens is 832 g/mol. The summed E-state index contributed by atoms with van der Waals surface area (Å²) in [6.45, 7) is 4.35. The molecule has 0 saturated carbocycles. The van der Waals surface area contributed by atoms with Gasteiger partial charge in [0.25, 0.3) is 0 Å². The number of ether oxygens (including phenoxy) is 3. The molecule has 0 spiro atoms. The second-order valence-electron chi connectivity index (χ2n) is 16.2. The lowest BCUT2D eigenvalue weighted by Crippen LogP contribution is -2.30. The highest BCUT2D eigenvalue weighted by molar-refractivity contribution is 7.47. The second kappa shape index (κ2) is 46.4. The van der Waals surface area contributed by atoms with E-state index in [2.05, 4.69) is 93.7 Å². The predicted molar refractivity (Wildman–Crippen MR) is 261 cm³/mol. The minimum Gasteiger partial charge on any atom is -0.462 e. The maximum atomic E-state index is 12.8. The SMILES string of the molecule is CC/C=C\C/C=C\C/C=C\C/C=C\CCCCC(=O)OC(COC(=O)CCCCCCCCCCC)COP(=O)(O)OCC(CO)OC(=O)CCCCCCC/C=C\C/C=C\CCC. The monoisotopic (exact) mass is 921 g/mol. The van der Waals surface area contributed by atoms with Crippen LogP contribution in [0.1, 0.15) is 201 Å². The van der Waals surface area contributed by atoms with Crippen LogP contribution < -0.4 is 0 Å². The largest absolute Gasteiger partial charge is 0.472 e. The standard InChI is InChI=1S/C52H89O11P/c1-4-7-10-13-16-19-21-23-24-26-28-31-34-37-40-43-52(56)63-49(45-59-50(54)41-38-35-32-29-18-15-12-9-6-3)47-61-64(57,58)60-46-48(44-53)62-51(55)42-39-36-33-30-27-25-22-20-17-14-11-8-5-2/h7,10-11,14,16,19-20,22-24,28,31,48-49,53H,4-6,8-9,12-13,15,17-18,21,25-27,29-30,32-47H2,1-3H3,(H,57,58)/b10-7-,14-11-,19-16-,22-20-,24-23-,31-28-. The minimum atomic E-state index is -4.75. The van der Waals surface area contributed by atoms with Crippen molar-refractivity contribution in [1.29, 1.82) is 0 Å². The van der Waals surface area contributed by atoms with Gasteiger partial charge in [0, 0.05) is 19.3 Å². The molecule has 0 heterocycles. The molecule has 3 atom stereocenters. The highest BCUT2D eigenvalue weighted by Crippen LogP contribution is 2.43. The van der Waals surface area contributed by atoms with Crippen molar-refractivity contribution in [3.8, 4) is 0 Å². The Kier molecular flexibility index (Phi) is 44.2. The fraction of sp³-hybridized carbons (Fsp3) is 0.712. The predicted octanol–water partition coefficient (Wildman–Crippen LogP) is 13.8. The van der Waals surface area contributed by atoms with Gasteiger partial charge in [0.2, 0.25) is 0 Å². The van der Waals surface area contributed by atoms with Crippen LogP contribution in [-0.4, -0.2) is 66.5 Å².